The van der Waals surface area contributed by atoms with Crippen molar-refractivity contribution in [1.82, 2.24) is 15.1 Å². The predicted octanol–water partition coefficient (Wildman–Crippen LogP) is 1.27. The maximum atomic E-state index is 11.9. The zero-order chi connectivity index (χ0) is 14.5. The van der Waals surface area contributed by atoms with Gasteiger partial charge in [0.15, 0.2) is 0 Å². The highest BCUT2D eigenvalue weighted by Gasteiger charge is 2.28. The second-order valence-electron chi connectivity index (χ2n) is 5.45. The molecule has 0 radical (unpaired) electrons. The molecule has 0 aliphatic carbocycles. The van der Waals surface area contributed by atoms with Gasteiger partial charge in [0.2, 0.25) is 6.10 Å². The second kappa shape index (κ2) is 6.54. The Balaban J connectivity index is 1.64. The van der Waals surface area contributed by atoms with Gasteiger partial charge in [0, 0.05) is 26.2 Å². The van der Waals surface area contributed by atoms with Gasteiger partial charge < -0.3 is 10.2 Å². The van der Waals surface area contributed by atoms with Crippen LogP contribution in [-0.2, 0) is 23.1 Å². The lowest BCUT2D eigenvalue weighted by molar-refractivity contribution is -0.131. The summed E-state index contributed by atoms with van der Waals surface area (Å²) in [5, 5.41) is 11.0. The van der Waals surface area contributed by atoms with Crippen LogP contribution in [0.25, 0.3) is 0 Å². The summed E-state index contributed by atoms with van der Waals surface area (Å²) in [6.07, 6.45) is 5.79. The molecular formula is C14H22N4O2. The Morgan fingerprint density at radius 3 is 3.00 bits per heavy atom. The first-order valence-corrected chi connectivity index (χ1v) is 7.04. The van der Waals surface area contributed by atoms with Crippen molar-refractivity contribution in [3.05, 3.63) is 18.0 Å². The molecule has 1 unspecified atom stereocenters. The van der Waals surface area contributed by atoms with Gasteiger partial charge in [-0.3, -0.25) is 9.48 Å². The monoisotopic (exact) mass is 278 g/mol. The number of aryl methyl sites for hydroxylation is 2. The smallest absolute Gasteiger partial charge is 0.264 e. The van der Waals surface area contributed by atoms with Gasteiger partial charge >= 0.3 is 0 Å². The fourth-order valence-corrected chi connectivity index (χ4v) is 2.10. The Labute approximate surface area is 119 Å². The molecule has 0 aromatic carbocycles. The summed E-state index contributed by atoms with van der Waals surface area (Å²) in [7, 11) is 1.90. The number of amides is 1. The van der Waals surface area contributed by atoms with Crippen LogP contribution in [0.4, 0.5) is 0 Å². The molecule has 6 nitrogen and oxygen atoms in total. The van der Waals surface area contributed by atoms with E-state index in [1.165, 1.54) is 5.56 Å². The molecule has 1 amide bonds. The highest BCUT2D eigenvalue weighted by atomic mass is 16.6. The van der Waals surface area contributed by atoms with Crippen LogP contribution in [0.3, 0.4) is 0 Å². The van der Waals surface area contributed by atoms with Crippen LogP contribution in [0.15, 0.2) is 17.5 Å². The molecule has 1 aliphatic rings. The summed E-state index contributed by atoms with van der Waals surface area (Å²) >= 11 is 0. The molecule has 1 atom stereocenters. The highest BCUT2D eigenvalue weighted by molar-refractivity contribution is 5.93. The Morgan fingerprint density at radius 1 is 1.60 bits per heavy atom. The Bertz CT molecular complexity index is 493. The van der Waals surface area contributed by atoms with Crippen molar-refractivity contribution in [2.45, 2.75) is 39.2 Å². The molecule has 0 saturated carbocycles. The van der Waals surface area contributed by atoms with Crippen molar-refractivity contribution in [3.8, 4) is 0 Å². The van der Waals surface area contributed by atoms with Crippen LogP contribution in [0, 0.1) is 5.92 Å². The number of oxime groups is 1. The van der Waals surface area contributed by atoms with E-state index in [9.17, 15) is 4.79 Å². The van der Waals surface area contributed by atoms with E-state index in [1.54, 1.807) is 4.68 Å². The zero-order valence-electron chi connectivity index (χ0n) is 12.3. The fraction of sp³-hybridized carbons (Fsp3) is 0.643. The fourth-order valence-electron chi connectivity index (χ4n) is 2.10. The summed E-state index contributed by atoms with van der Waals surface area (Å²) in [5.74, 6) is 0.258. The van der Waals surface area contributed by atoms with Crippen LogP contribution in [0.1, 0.15) is 32.3 Å². The Kier molecular flexibility index (Phi) is 4.76. The van der Waals surface area contributed by atoms with Crippen LogP contribution >= 0.6 is 0 Å². The van der Waals surface area contributed by atoms with Crippen LogP contribution in [0.2, 0.25) is 0 Å². The van der Waals surface area contributed by atoms with E-state index in [0.29, 0.717) is 18.9 Å². The molecule has 0 saturated heterocycles. The van der Waals surface area contributed by atoms with Gasteiger partial charge in [-0.05, 0) is 24.3 Å². The maximum Gasteiger partial charge on any atom is 0.264 e. The third-order valence-electron chi connectivity index (χ3n) is 3.35. The van der Waals surface area contributed by atoms with Gasteiger partial charge in [-0.2, -0.15) is 5.10 Å². The molecule has 0 bridgehead atoms. The number of aromatic nitrogens is 2. The predicted molar refractivity (Wildman–Crippen MR) is 76.3 cm³/mol. The SMILES string of the molecule is CC(C)C1=NOC(C(=O)NCCCc2cnn(C)c2)C1. The highest BCUT2D eigenvalue weighted by Crippen LogP contribution is 2.15. The third kappa shape index (κ3) is 3.82. The van der Waals surface area contributed by atoms with Crippen molar-refractivity contribution in [1.29, 1.82) is 0 Å². The van der Waals surface area contributed by atoms with Crippen LogP contribution < -0.4 is 5.32 Å². The number of hydrogen-bond donors (Lipinski definition) is 1. The quantitative estimate of drug-likeness (QED) is 0.797. The number of rotatable bonds is 6. The number of carbonyl (C=O) groups is 1. The first kappa shape index (κ1) is 14.6. The zero-order valence-corrected chi connectivity index (χ0v) is 12.3. The third-order valence-corrected chi connectivity index (χ3v) is 3.35. The summed E-state index contributed by atoms with van der Waals surface area (Å²) in [6, 6.07) is 0. The molecular weight excluding hydrogens is 256 g/mol. The van der Waals surface area contributed by atoms with Gasteiger partial charge in [0.1, 0.15) is 0 Å². The molecule has 110 valence electrons. The van der Waals surface area contributed by atoms with Crippen molar-refractivity contribution in [3.63, 3.8) is 0 Å². The molecule has 0 spiro atoms. The topological polar surface area (TPSA) is 68.5 Å². The van der Waals surface area contributed by atoms with Gasteiger partial charge in [-0.25, -0.2) is 0 Å². The van der Waals surface area contributed by atoms with E-state index in [0.717, 1.165) is 18.6 Å². The normalized spacial score (nSPS) is 18.0. The minimum Gasteiger partial charge on any atom is -0.382 e. The number of nitrogens with zero attached hydrogens (tertiary/aromatic N) is 3. The lowest BCUT2D eigenvalue weighted by Crippen LogP contribution is -2.35. The first-order valence-electron chi connectivity index (χ1n) is 7.04. The lowest BCUT2D eigenvalue weighted by atomic mass is 10.0. The number of carbonyl (C=O) groups excluding carboxylic acids is 1. The standard InChI is InChI=1S/C14H22N4O2/c1-10(2)12-7-13(20-17-12)14(19)15-6-4-5-11-8-16-18(3)9-11/h8-10,13H,4-7H2,1-3H3,(H,15,19). The summed E-state index contributed by atoms with van der Waals surface area (Å²) in [4.78, 5) is 17.1. The number of nitrogens with one attached hydrogen (secondary N) is 1. The minimum atomic E-state index is -0.453. The second-order valence-corrected chi connectivity index (χ2v) is 5.45. The molecule has 1 aromatic heterocycles. The maximum absolute atomic E-state index is 11.9. The van der Waals surface area contributed by atoms with Gasteiger partial charge in [-0.15, -0.1) is 0 Å². The molecule has 1 N–H and O–H groups in total. The molecule has 2 rings (SSSR count). The van der Waals surface area contributed by atoms with Crippen LogP contribution in [-0.4, -0.2) is 34.0 Å². The molecule has 20 heavy (non-hydrogen) atoms. The molecule has 1 aliphatic heterocycles. The lowest BCUT2D eigenvalue weighted by Gasteiger charge is -2.09. The molecule has 0 fully saturated rings. The van der Waals surface area contributed by atoms with Crippen molar-refractivity contribution < 1.29 is 9.63 Å². The number of hydrogen-bond acceptors (Lipinski definition) is 4. The van der Waals surface area contributed by atoms with E-state index in [-0.39, 0.29) is 5.91 Å². The van der Waals surface area contributed by atoms with E-state index < -0.39 is 6.10 Å². The van der Waals surface area contributed by atoms with Gasteiger partial charge in [0.05, 0.1) is 11.9 Å². The van der Waals surface area contributed by atoms with E-state index in [4.69, 9.17) is 4.84 Å². The minimum absolute atomic E-state index is 0.0735. The van der Waals surface area contributed by atoms with E-state index >= 15 is 0 Å². The summed E-state index contributed by atoms with van der Waals surface area (Å²) in [6.45, 7) is 4.75. The van der Waals surface area contributed by atoms with Gasteiger partial charge in [0.25, 0.3) is 5.91 Å². The Morgan fingerprint density at radius 2 is 2.40 bits per heavy atom. The molecule has 2 heterocycles. The van der Waals surface area contributed by atoms with E-state index in [1.807, 2.05) is 19.4 Å². The average molecular weight is 278 g/mol. The Hall–Kier alpha value is -1.85. The molecule has 6 heteroatoms. The summed E-state index contributed by atoms with van der Waals surface area (Å²) in [5.41, 5.74) is 2.14. The largest absolute Gasteiger partial charge is 0.382 e. The molecule has 1 aromatic rings. The van der Waals surface area contributed by atoms with Crippen molar-refractivity contribution in [2.24, 2.45) is 18.1 Å². The first-order chi connectivity index (χ1) is 9.56. The van der Waals surface area contributed by atoms with Gasteiger partial charge in [-0.1, -0.05) is 19.0 Å². The van der Waals surface area contributed by atoms with Crippen molar-refractivity contribution >= 4 is 11.6 Å². The summed E-state index contributed by atoms with van der Waals surface area (Å²) < 4.78 is 1.78. The van der Waals surface area contributed by atoms with Crippen molar-refractivity contribution in [2.75, 3.05) is 6.54 Å². The van der Waals surface area contributed by atoms with Crippen LogP contribution in [0.5, 0.6) is 0 Å². The average Bonchev–Trinajstić information content (AvgIpc) is 3.03. The van der Waals surface area contributed by atoms with E-state index in [2.05, 4.69) is 29.4 Å².